The quantitative estimate of drug-likeness (QED) is 0.605. The fourth-order valence-electron chi connectivity index (χ4n) is 2.58. The van der Waals surface area contributed by atoms with Gasteiger partial charge in [-0.05, 0) is 38.5 Å². The molecule has 7 heteroatoms. The molecule has 0 bridgehead atoms. The molecule has 0 spiro atoms. The van der Waals surface area contributed by atoms with Gasteiger partial charge in [-0.15, -0.1) is 11.3 Å². The summed E-state index contributed by atoms with van der Waals surface area (Å²) in [6.45, 7) is 6.62. The summed E-state index contributed by atoms with van der Waals surface area (Å²) in [7, 11) is 0. The van der Waals surface area contributed by atoms with Crippen LogP contribution in [0.1, 0.15) is 21.0 Å². The highest BCUT2D eigenvalue weighted by Gasteiger charge is 2.15. The first-order chi connectivity index (χ1) is 11.5. The zero-order valence-corrected chi connectivity index (χ0v) is 15.2. The molecule has 0 unspecified atom stereocenters. The molecule has 24 heavy (non-hydrogen) atoms. The lowest BCUT2D eigenvalue weighted by molar-refractivity contribution is 0.874. The van der Waals surface area contributed by atoms with Crippen molar-refractivity contribution < 1.29 is 0 Å². The van der Waals surface area contributed by atoms with Gasteiger partial charge < -0.3 is 5.32 Å². The van der Waals surface area contributed by atoms with Crippen LogP contribution in [0.25, 0.3) is 15.2 Å². The topological polar surface area (TPSA) is 59.3 Å². The first-order valence-electron chi connectivity index (χ1n) is 7.62. The number of hydrogen-bond donors (Lipinski definition) is 1. The van der Waals surface area contributed by atoms with Crippen LogP contribution < -0.4 is 10.9 Å². The summed E-state index contributed by atoms with van der Waals surface area (Å²) >= 11 is 3.02. The van der Waals surface area contributed by atoms with Gasteiger partial charge in [-0.3, -0.25) is 4.79 Å². The van der Waals surface area contributed by atoms with E-state index in [1.807, 2.05) is 26.0 Å². The molecule has 1 aromatic carbocycles. The summed E-state index contributed by atoms with van der Waals surface area (Å²) in [5.74, 6) is 0. The summed E-state index contributed by atoms with van der Waals surface area (Å²) < 4.78 is 1.43. The second-order valence-electron chi connectivity index (χ2n) is 5.79. The van der Waals surface area contributed by atoms with Crippen LogP contribution in [0.5, 0.6) is 0 Å². The minimum atomic E-state index is -0.0744. The molecule has 0 radical (unpaired) electrons. The van der Waals surface area contributed by atoms with Gasteiger partial charge in [0.25, 0.3) is 5.56 Å². The smallest absolute Gasteiger partial charge is 0.284 e. The molecule has 3 aromatic heterocycles. The van der Waals surface area contributed by atoms with E-state index in [-0.39, 0.29) is 5.56 Å². The number of aromatic nitrogens is 3. The Kier molecular flexibility index (Phi) is 3.62. The first-order valence-corrected chi connectivity index (χ1v) is 9.25. The highest BCUT2D eigenvalue weighted by molar-refractivity contribution is 7.19. The van der Waals surface area contributed by atoms with Crippen LogP contribution in [0.2, 0.25) is 0 Å². The molecule has 3 heterocycles. The summed E-state index contributed by atoms with van der Waals surface area (Å²) in [5, 5.41) is 9.31. The maximum atomic E-state index is 12.7. The number of nitrogens with zero attached hydrogens (tertiary/aromatic N) is 3. The minimum Gasteiger partial charge on any atom is -0.378 e. The van der Waals surface area contributed by atoms with Crippen molar-refractivity contribution in [1.82, 2.24) is 14.6 Å². The molecule has 122 valence electrons. The van der Waals surface area contributed by atoms with Crippen LogP contribution in [-0.2, 0) is 6.54 Å². The third-order valence-corrected chi connectivity index (χ3v) is 6.08. The van der Waals surface area contributed by atoms with E-state index in [1.54, 1.807) is 11.3 Å². The third kappa shape index (κ3) is 2.50. The van der Waals surface area contributed by atoms with Crippen molar-refractivity contribution in [3.05, 3.63) is 55.6 Å². The zero-order chi connectivity index (χ0) is 16.8. The maximum absolute atomic E-state index is 12.7. The molecule has 0 aliphatic rings. The van der Waals surface area contributed by atoms with Gasteiger partial charge in [-0.2, -0.15) is 9.61 Å². The minimum absolute atomic E-state index is 0.0744. The largest absolute Gasteiger partial charge is 0.378 e. The Morgan fingerprint density at radius 3 is 2.62 bits per heavy atom. The predicted octanol–water partition coefficient (Wildman–Crippen LogP) is 3.90. The van der Waals surface area contributed by atoms with Gasteiger partial charge in [0.15, 0.2) is 0 Å². The van der Waals surface area contributed by atoms with Gasteiger partial charge in [-0.1, -0.05) is 29.0 Å². The van der Waals surface area contributed by atoms with E-state index < -0.39 is 0 Å². The van der Waals surface area contributed by atoms with Crippen LogP contribution >= 0.6 is 22.7 Å². The Morgan fingerprint density at radius 1 is 1.12 bits per heavy atom. The van der Waals surface area contributed by atoms with Crippen molar-refractivity contribution in [2.75, 3.05) is 5.32 Å². The van der Waals surface area contributed by atoms with E-state index in [1.165, 1.54) is 21.4 Å². The van der Waals surface area contributed by atoms with Crippen LogP contribution in [0.4, 0.5) is 5.69 Å². The predicted molar refractivity (Wildman–Crippen MR) is 100 cm³/mol. The van der Waals surface area contributed by atoms with E-state index in [9.17, 15) is 4.79 Å². The van der Waals surface area contributed by atoms with Crippen LogP contribution in [0.3, 0.4) is 0 Å². The third-order valence-electron chi connectivity index (χ3n) is 4.07. The van der Waals surface area contributed by atoms with Gasteiger partial charge in [0, 0.05) is 10.6 Å². The van der Waals surface area contributed by atoms with Gasteiger partial charge in [-0.25, -0.2) is 4.98 Å². The molecular formula is C17H16N4OS2. The summed E-state index contributed by atoms with van der Waals surface area (Å²) in [6, 6.07) is 8.20. The monoisotopic (exact) mass is 356 g/mol. The Balaban J connectivity index is 1.70. The molecule has 0 aliphatic carbocycles. The number of rotatable bonds is 3. The molecule has 0 saturated carbocycles. The molecule has 0 saturated heterocycles. The molecule has 1 N–H and O–H groups in total. The summed E-state index contributed by atoms with van der Waals surface area (Å²) in [6.07, 6.45) is 0. The maximum Gasteiger partial charge on any atom is 0.284 e. The van der Waals surface area contributed by atoms with Crippen LogP contribution in [0, 0.1) is 20.8 Å². The Labute approximate surface area is 146 Å². The lowest BCUT2D eigenvalue weighted by atomic mass is 10.2. The second kappa shape index (κ2) is 5.68. The number of fused-ring (bicyclic) bond motifs is 2. The number of thiophene rings is 1. The fraction of sp³-hybridized carbons (Fsp3) is 0.235. The van der Waals surface area contributed by atoms with Crippen LogP contribution in [0.15, 0.2) is 29.1 Å². The van der Waals surface area contributed by atoms with Gasteiger partial charge in [0.05, 0.1) is 11.9 Å². The summed E-state index contributed by atoms with van der Waals surface area (Å²) in [4.78, 5) is 19.9. The highest BCUT2D eigenvalue weighted by atomic mass is 32.1. The average molecular weight is 356 g/mol. The SMILES string of the molecule is Cc1ccc(NCc2nn3c(=O)c4c(C)c(C)sc4nc3s2)cc1. The lowest BCUT2D eigenvalue weighted by Gasteiger charge is -2.03. The number of benzene rings is 1. The van der Waals surface area contributed by atoms with Crippen molar-refractivity contribution >= 4 is 43.5 Å². The van der Waals surface area contributed by atoms with E-state index >= 15 is 0 Å². The molecule has 0 fully saturated rings. The van der Waals surface area contributed by atoms with Crippen molar-refractivity contribution in [3.63, 3.8) is 0 Å². The molecular weight excluding hydrogens is 340 g/mol. The Morgan fingerprint density at radius 2 is 1.88 bits per heavy atom. The Hall–Kier alpha value is -2.25. The highest BCUT2D eigenvalue weighted by Crippen LogP contribution is 2.27. The van der Waals surface area contributed by atoms with Gasteiger partial charge in [0.1, 0.15) is 9.84 Å². The normalized spacial score (nSPS) is 11.5. The second-order valence-corrected chi connectivity index (χ2v) is 8.03. The van der Waals surface area contributed by atoms with E-state index in [2.05, 4.69) is 34.5 Å². The number of hydrogen-bond acceptors (Lipinski definition) is 6. The summed E-state index contributed by atoms with van der Waals surface area (Å²) in [5.41, 5.74) is 3.19. The van der Waals surface area contributed by atoms with Gasteiger partial charge >= 0.3 is 0 Å². The zero-order valence-electron chi connectivity index (χ0n) is 13.6. The van der Waals surface area contributed by atoms with Crippen molar-refractivity contribution in [1.29, 1.82) is 0 Å². The lowest BCUT2D eigenvalue weighted by Crippen LogP contribution is -2.15. The van der Waals surface area contributed by atoms with Crippen molar-refractivity contribution in [3.8, 4) is 0 Å². The number of aryl methyl sites for hydroxylation is 3. The van der Waals surface area contributed by atoms with E-state index in [0.717, 1.165) is 26.0 Å². The molecule has 0 atom stereocenters. The molecule has 4 aromatic rings. The molecule has 4 rings (SSSR count). The van der Waals surface area contributed by atoms with E-state index in [4.69, 9.17) is 0 Å². The first kappa shape index (κ1) is 15.3. The standard InChI is InChI=1S/C17H16N4OS2/c1-9-4-6-12(7-5-9)18-8-13-20-21-16(22)14-10(2)11(3)23-15(14)19-17(21)24-13/h4-7,18H,8H2,1-3H3. The molecule has 5 nitrogen and oxygen atoms in total. The average Bonchev–Trinajstić information content (AvgIpc) is 3.09. The fourth-order valence-corrected chi connectivity index (χ4v) is 4.48. The molecule has 0 amide bonds. The number of nitrogens with one attached hydrogen (secondary N) is 1. The van der Waals surface area contributed by atoms with E-state index in [0.29, 0.717) is 16.9 Å². The van der Waals surface area contributed by atoms with Gasteiger partial charge in [0.2, 0.25) is 4.96 Å². The molecule has 0 aliphatic heterocycles. The number of anilines is 1. The van der Waals surface area contributed by atoms with Crippen molar-refractivity contribution in [2.45, 2.75) is 27.3 Å². The Bertz CT molecular complexity index is 1110. The van der Waals surface area contributed by atoms with Crippen LogP contribution in [-0.4, -0.2) is 14.6 Å². The van der Waals surface area contributed by atoms with Crippen molar-refractivity contribution in [2.24, 2.45) is 0 Å².